The highest BCUT2D eigenvalue weighted by atomic mass is 16.5. The molecule has 0 spiro atoms. The van der Waals surface area contributed by atoms with Crippen LogP contribution in [-0.4, -0.2) is 58.9 Å². The van der Waals surface area contributed by atoms with Gasteiger partial charge in [0.15, 0.2) is 0 Å². The number of aromatic nitrogens is 2. The monoisotopic (exact) mass is 371 g/mol. The van der Waals surface area contributed by atoms with Crippen LogP contribution in [0.2, 0.25) is 0 Å². The van der Waals surface area contributed by atoms with Gasteiger partial charge in [0.25, 0.3) is 0 Å². The number of hydrogen-bond donors (Lipinski definition) is 1. The first-order valence-corrected chi connectivity index (χ1v) is 9.49. The van der Waals surface area contributed by atoms with E-state index in [9.17, 15) is 4.79 Å². The van der Waals surface area contributed by atoms with Crippen LogP contribution in [0.3, 0.4) is 0 Å². The minimum atomic E-state index is -0.00203. The van der Waals surface area contributed by atoms with E-state index in [1.807, 2.05) is 42.5 Å². The van der Waals surface area contributed by atoms with Crippen molar-refractivity contribution < 1.29 is 9.53 Å². The Bertz CT molecular complexity index is 752. The van der Waals surface area contributed by atoms with Gasteiger partial charge in [0.2, 0.25) is 0 Å². The normalized spacial score (nSPS) is 16.2. The van der Waals surface area contributed by atoms with Gasteiger partial charge in [-0.1, -0.05) is 25.1 Å². The lowest BCUT2D eigenvalue weighted by Crippen LogP contribution is -2.51. The second-order valence-electron chi connectivity index (χ2n) is 6.93. The molecule has 0 bridgehead atoms. The summed E-state index contributed by atoms with van der Waals surface area (Å²) in [6.45, 7) is 6.08. The van der Waals surface area contributed by atoms with Crippen LogP contribution in [0, 0.1) is 0 Å². The highest BCUT2D eigenvalue weighted by Gasteiger charge is 2.24. The van der Waals surface area contributed by atoms with Crippen molar-refractivity contribution in [3.05, 3.63) is 47.8 Å². The highest BCUT2D eigenvalue weighted by Crippen LogP contribution is 2.20. The van der Waals surface area contributed by atoms with Crippen molar-refractivity contribution in [1.29, 1.82) is 0 Å². The molecule has 1 fully saturated rings. The fraction of sp³-hybridized carbons (Fsp3) is 0.500. The van der Waals surface area contributed by atoms with Gasteiger partial charge in [0.05, 0.1) is 19.3 Å². The Balaban J connectivity index is 1.51. The maximum Gasteiger partial charge on any atom is 0.317 e. The van der Waals surface area contributed by atoms with Crippen LogP contribution in [0.15, 0.2) is 36.7 Å². The molecule has 27 heavy (non-hydrogen) atoms. The standard InChI is InChI=1S/C20H29N5O2/c1-4-18(17-13-21-23(2)14-17)22-20(26)25-11-9-24(10-12-25)15-16-7-5-6-8-19(16)27-3/h5-8,13-14,18H,4,9-12,15H2,1-3H3,(H,22,26). The van der Waals surface area contributed by atoms with Gasteiger partial charge in [0, 0.05) is 57.1 Å². The first-order chi connectivity index (χ1) is 13.1. The number of carbonyl (C=O) groups excluding carboxylic acids is 1. The number of urea groups is 1. The predicted molar refractivity (Wildman–Crippen MR) is 105 cm³/mol. The fourth-order valence-electron chi connectivity index (χ4n) is 3.47. The van der Waals surface area contributed by atoms with Crippen LogP contribution in [0.25, 0.3) is 0 Å². The van der Waals surface area contributed by atoms with Gasteiger partial charge < -0.3 is 15.0 Å². The predicted octanol–water partition coefficient (Wildman–Crippen LogP) is 2.41. The van der Waals surface area contributed by atoms with Gasteiger partial charge in [-0.2, -0.15) is 5.10 Å². The first kappa shape index (κ1) is 19.2. The lowest BCUT2D eigenvalue weighted by atomic mass is 10.1. The number of nitrogens with zero attached hydrogens (tertiary/aromatic N) is 4. The molecule has 0 radical (unpaired) electrons. The number of ether oxygens (including phenoxy) is 1. The first-order valence-electron chi connectivity index (χ1n) is 9.49. The molecule has 2 amide bonds. The highest BCUT2D eigenvalue weighted by molar-refractivity contribution is 5.74. The molecule has 1 N–H and O–H groups in total. The van der Waals surface area contributed by atoms with E-state index in [0.717, 1.165) is 50.5 Å². The summed E-state index contributed by atoms with van der Waals surface area (Å²) in [6.07, 6.45) is 4.62. The molecule has 146 valence electrons. The third-order valence-corrected chi connectivity index (χ3v) is 5.08. The summed E-state index contributed by atoms with van der Waals surface area (Å²) in [5.74, 6) is 0.917. The number of piperazine rings is 1. The average molecular weight is 371 g/mol. The molecule has 7 heteroatoms. The molecule has 1 aromatic heterocycles. The van der Waals surface area contributed by atoms with Crippen LogP contribution in [-0.2, 0) is 13.6 Å². The Labute approximate surface area is 160 Å². The molecule has 0 aliphatic carbocycles. The number of amides is 2. The Hall–Kier alpha value is -2.54. The van der Waals surface area contributed by atoms with E-state index >= 15 is 0 Å². The van der Waals surface area contributed by atoms with E-state index in [1.54, 1.807) is 11.8 Å². The van der Waals surface area contributed by atoms with Gasteiger partial charge in [-0.3, -0.25) is 9.58 Å². The lowest BCUT2D eigenvalue weighted by Gasteiger charge is -2.35. The maximum atomic E-state index is 12.7. The third-order valence-electron chi connectivity index (χ3n) is 5.08. The third kappa shape index (κ3) is 4.80. The van der Waals surface area contributed by atoms with Crippen molar-refractivity contribution in [3.8, 4) is 5.75 Å². The minimum absolute atomic E-state index is 0.00203. The zero-order valence-electron chi connectivity index (χ0n) is 16.4. The Kier molecular flexibility index (Phi) is 6.34. The summed E-state index contributed by atoms with van der Waals surface area (Å²) in [6, 6.07) is 8.10. The number of para-hydroxylation sites is 1. The second kappa shape index (κ2) is 8.90. The van der Waals surface area contributed by atoms with Gasteiger partial charge in [-0.25, -0.2) is 4.79 Å². The number of benzene rings is 1. The molecule has 7 nitrogen and oxygen atoms in total. The molecular formula is C20H29N5O2. The van der Waals surface area contributed by atoms with E-state index in [1.165, 1.54) is 5.56 Å². The molecule has 2 heterocycles. The molecule has 1 aliphatic heterocycles. The van der Waals surface area contributed by atoms with Crippen molar-refractivity contribution in [2.45, 2.75) is 25.9 Å². The molecule has 1 unspecified atom stereocenters. The van der Waals surface area contributed by atoms with Gasteiger partial charge in [0.1, 0.15) is 5.75 Å². The molecular weight excluding hydrogens is 342 g/mol. The minimum Gasteiger partial charge on any atom is -0.496 e. The van der Waals surface area contributed by atoms with Gasteiger partial charge >= 0.3 is 6.03 Å². The molecule has 2 aromatic rings. The molecule has 3 rings (SSSR count). The molecule has 0 saturated carbocycles. The van der Waals surface area contributed by atoms with Crippen LogP contribution < -0.4 is 10.1 Å². The van der Waals surface area contributed by atoms with Crippen molar-refractivity contribution >= 4 is 6.03 Å². The number of aryl methyl sites for hydroxylation is 1. The van der Waals surface area contributed by atoms with Crippen LogP contribution in [0.4, 0.5) is 4.79 Å². The SMILES string of the molecule is CCC(NC(=O)N1CCN(Cc2ccccc2OC)CC1)c1cnn(C)c1. The Morgan fingerprint density at radius 2 is 2.00 bits per heavy atom. The van der Waals surface area contributed by atoms with Crippen LogP contribution in [0.5, 0.6) is 5.75 Å². The topological polar surface area (TPSA) is 62.6 Å². The quantitative estimate of drug-likeness (QED) is 0.847. The fourth-order valence-corrected chi connectivity index (χ4v) is 3.47. The van der Waals surface area contributed by atoms with Crippen LogP contribution in [0.1, 0.15) is 30.5 Å². The summed E-state index contributed by atoms with van der Waals surface area (Å²) in [5, 5.41) is 7.35. The molecule has 1 aliphatic rings. The van der Waals surface area contributed by atoms with Crippen LogP contribution >= 0.6 is 0 Å². The van der Waals surface area contributed by atoms with Crippen molar-refractivity contribution in [2.24, 2.45) is 7.05 Å². The Morgan fingerprint density at radius 1 is 1.26 bits per heavy atom. The number of methoxy groups -OCH3 is 1. The number of nitrogens with one attached hydrogen (secondary N) is 1. The second-order valence-corrected chi connectivity index (χ2v) is 6.93. The maximum absolute atomic E-state index is 12.7. The largest absolute Gasteiger partial charge is 0.496 e. The zero-order chi connectivity index (χ0) is 19.2. The number of carbonyl (C=O) groups is 1. The van der Waals surface area contributed by atoms with Gasteiger partial charge in [-0.05, 0) is 12.5 Å². The lowest BCUT2D eigenvalue weighted by molar-refractivity contribution is 0.132. The van der Waals surface area contributed by atoms with Gasteiger partial charge in [-0.15, -0.1) is 0 Å². The average Bonchev–Trinajstić information content (AvgIpc) is 3.13. The van der Waals surface area contributed by atoms with E-state index in [2.05, 4.69) is 28.3 Å². The summed E-state index contributed by atoms with van der Waals surface area (Å²) in [4.78, 5) is 16.9. The van der Waals surface area contributed by atoms with E-state index < -0.39 is 0 Å². The van der Waals surface area contributed by atoms with Crippen molar-refractivity contribution in [1.82, 2.24) is 24.9 Å². The van der Waals surface area contributed by atoms with Crippen molar-refractivity contribution in [2.75, 3.05) is 33.3 Å². The van der Waals surface area contributed by atoms with E-state index in [4.69, 9.17) is 4.74 Å². The number of rotatable bonds is 6. The van der Waals surface area contributed by atoms with Crippen molar-refractivity contribution in [3.63, 3.8) is 0 Å². The summed E-state index contributed by atoms with van der Waals surface area (Å²) in [7, 11) is 3.59. The number of hydrogen-bond acceptors (Lipinski definition) is 4. The molecule has 1 saturated heterocycles. The smallest absolute Gasteiger partial charge is 0.317 e. The summed E-state index contributed by atoms with van der Waals surface area (Å²) in [5.41, 5.74) is 2.23. The summed E-state index contributed by atoms with van der Waals surface area (Å²) >= 11 is 0. The van der Waals surface area contributed by atoms with E-state index in [0.29, 0.717) is 0 Å². The Morgan fingerprint density at radius 3 is 2.63 bits per heavy atom. The van der Waals surface area contributed by atoms with E-state index in [-0.39, 0.29) is 12.1 Å². The summed E-state index contributed by atoms with van der Waals surface area (Å²) < 4.78 is 7.20. The zero-order valence-corrected chi connectivity index (χ0v) is 16.4. The molecule has 1 aromatic carbocycles. The molecule has 1 atom stereocenters.